The molecule has 0 atom stereocenters. The van der Waals surface area contributed by atoms with E-state index in [-0.39, 0.29) is 11.8 Å². The second-order valence-electron chi connectivity index (χ2n) is 5.10. The molecule has 1 aliphatic carbocycles. The highest BCUT2D eigenvalue weighted by molar-refractivity contribution is 7.12. The molecule has 1 amide bonds. The zero-order chi connectivity index (χ0) is 14.5. The lowest BCUT2D eigenvalue weighted by molar-refractivity contribution is -0.121. The zero-order valence-corrected chi connectivity index (χ0v) is 12.4. The predicted octanol–water partition coefficient (Wildman–Crippen LogP) is 2.24. The second-order valence-corrected chi connectivity index (χ2v) is 6.01. The number of carbonyl (C=O) groups is 2. The van der Waals surface area contributed by atoms with Crippen LogP contribution < -0.4 is 11.1 Å². The van der Waals surface area contributed by atoms with Gasteiger partial charge in [-0.25, -0.2) is 4.79 Å². The molecule has 1 fully saturated rings. The van der Waals surface area contributed by atoms with Gasteiger partial charge in [-0.3, -0.25) is 4.79 Å². The Morgan fingerprint density at radius 3 is 2.70 bits per heavy atom. The van der Waals surface area contributed by atoms with Crippen molar-refractivity contribution in [3.63, 3.8) is 0 Å². The standard InChI is InChI=1S/C14H20N2O3S/c1-19-14(18)12-11(6-7-20-12)16-13(17)10-4-2-9(8-15)3-5-10/h6-7,9-10H,2-5,8,15H2,1H3,(H,16,17). The fraction of sp³-hybridized carbons (Fsp3) is 0.571. The van der Waals surface area contributed by atoms with Crippen LogP contribution in [0.25, 0.3) is 0 Å². The molecule has 5 nitrogen and oxygen atoms in total. The molecule has 0 saturated heterocycles. The summed E-state index contributed by atoms with van der Waals surface area (Å²) in [5.74, 6) is 0.139. The number of hydrogen-bond donors (Lipinski definition) is 2. The first-order chi connectivity index (χ1) is 9.65. The maximum atomic E-state index is 12.2. The van der Waals surface area contributed by atoms with Crippen molar-refractivity contribution in [3.05, 3.63) is 16.3 Å². The topological polar surface area (TPSA) is 81.4 Å². The van der Waals surface area contributed by atoms with E-state index in [1.54, 1.807) is 11.4 Å². The molecule has 1 saturated carbocycles. The Bertz CT molecular complexity index is 479. The summed E-state index contributed by atoms with van der Waals surface area (Å²) in [5.41, 5.74) is 6.20. The lowest BCUT2D eigenvalue weighted by atomic mass is 9.81. The number of carbonyl (C=O) groups excluding carboxylic acids is 2. The van der Waals surface area contributed by atoms with Gasteiger partial charge in [0.2, 0.25) is 5.91 Å². The molecule has 0 spiro atoms. The van der Waals surface area contributed by atoms with Crippen LogP contribution in [0.1, 0.15) is 35.4 Å². The smallest absolute Gasteiger partial charge is 0.350 e. The van der Waals surface area contributed by atoms with Crippen LogP contribution in [0, 0.1) is 11.8 Å². The Labute approximate surface area is 122 Å². The first kappa shape index (κ1) is 15.0. The largest absolute Gasteiger partial charge is 0.465 e. The number of ether oxygens (including phenoxy) is 1. The number of hydrogen-bond acceptors (Lipinski definition) is 5. The molecule has 0 aromatic carbocycles. The number of amides is 1. The second kappa shape index (κ2) is 6.85. The summed E-state index contributed by atoms with van der Waals surface area (Å²) in [6.07, 6.45) is 3.74. The number of thiophene rings is 1. The molecule has 0 unspecified atom stereocenters. The van der Waals surface area contributed by atoms with Crippen LogP contribution in [0.2, 0.25) is 0 Å². The highest BCUT2D eigenvalue weighted by atomic mass is 32.1. The van der Waals surface area contributed by atoms with Gasteiger partial charge in [0.1, 0.15) is 4.88 Å². The van der Waals surface area contributed by atoms with Gasteiger partial charge < -0.3 is 15.8 Å². The molecule has 6 heteroatoms. The molecule has 0 radical (unpaired) electrons. The normalized spacial score (nSPS) is 22.3. The molecule has 1 aromatic rings. The van der Waals surface area contributed by atoms with Gasteiger partial charge in [0, 0.05) is 5.92 Å². The minimum Gasteiger partial charge on any atom is -0.465 e. The van der Waals surface area contributed by atoms with Crippen molar-refractivity contribution in [2.24, 2.45) is 17.6 Å². The summed E-state index contributed by atoms with van der Waals surface area (Å²) in [4.78, 5) is 24.2. The van der Waals surface area contributed by atoms with Crippen LogP contribution in [0.15, 0.2) is 11.4 Å². The predicted molar refractivity (Wildman–Crippen MR) is 78.8 cm³/mol. The number of anilines is 1. The molecule has 0 aliphatic heterocycles. The molecule has 1 heterocycles. The van der Waals surface area contributed by atoms with Gasteiger partial charge in [0.25, 0.3) is 0 Å². The molecule has 2 rings (SSSR count). The van der Waals surface area contributed by atoms with Crippen LogP contribution in [-0.2, 0) is 9.53 Å². The van der Waals surface area contributed by atoms with E-state index in [1.165, 1.54) is 18.4 Å². The molecular weight excluding hydrogens is 276 g/mol. The fourth-order valence-electron chi connectivity index (χ4n) is 2.55. The molecule has 1 aliphatic rings. The van der Waals surface area contributed by atoms with Crippen molar-refractivity contribution in [3.8, 4) is 0 Å². The molecule has 110 valence electrons. The van der Waals surface area contributed by atoms with E-state index >= 15 is 0 Å². The van der Waals surface area contributed by atoms with Crippen LogP contribution in [0.3, 0.4) is 0 Å². The number of methoxy groups -OCH3 is 1. The van der Waals surface area contributed by atoms with E-state index < -0.39 is 5.97 Å². The summed E-state index contributed by atoms with van der Waals surface area (Å²) in [6, 6.07) is 1.74. The van der Waals surface area contributed by atoms with Gasteiger partial charge in [0.15, 0.2) is 0 Å². The monoisotopic (exact) mass is 296 g/mol. The molecule has 0 bridgehead atoms. The summed E-state index contributed by atoms with van der Waals surface area (Å²) < 4.78 is 4.70. The quantitative estimate of drug-likeness (QED) is 0.835. The van der Waals surface area contributed by atoms with E-state index in [1.807, 2.05) is 0 Å². The third-order valence-electron chi connectivity index (χ3n) is 3.84. The third kappa shape index (κ3) is 3.37. The lowest BCUT2D eigenvalue weighted by Crippen LogP contribution is -2.29. The number of esters is 1. The first-order valence-electron chi connectivity index (χ1n) is 6.82. The Balaban J connectivity index is 1.95. The highest BCUT2D eigenvalue weighted by Crippen LogP contribution is 2.30. The Morgan fingerprint density at radius 1 is 1.40 bits per heavy atom. The third-order valence-corrected chi connectivity index (χ3v) is 4.74. The van der Waals surface area contributed by atoms with E-state index in [4.69, 9.17) is 10.5 Å². The van der Waals surface area contributed by atoms with E-state index in [0.29, 0.717) is 23.0 Å². The number of nitrogens with two attached hydrogens (primary N) is 1. The maximum absolute atomic E-state index is 12.2. The van der Waals surface area contributed by atoms with Gasteiger partial charge in [-0.15, -0.1) is 11.3 Å². The average molecular weight is 296 g/mol. The minimum absolute atomic E-state index is 0.0102. The van der Waals surface area contributed by atoms with Crippen molar-refractivity contribution >= 4 is 28.9 Å². The zero-order valence-electron chi connectivity index (χ0n) is 11.6. The van der Waals surface area contributed by atoms with Crippen molar-refractivity contribution in [1.82, 2.24) is 0 Å². The Kier molecular flexibility index (Phi) is 5.14. The average Bonchev–Trinajstić information content (AvgIpc) is 2.94. The van der Waals surface area contributed by atoms with E-state index in [0.717, 1.165) is 25.7 Å². The van der Waals surface area contributed by atoms with Crippen molar-refractivity contribution in [2.75, 3.05) is 19.0 Å². The van der Waals surface area contributed by atoms with Crippen LogP contribution in [0.5, 0.6) is 0 Å². The van der Waals surface area contributed by atoms with E-state index in [2.05, 4.69) is 5.32 Å². The minimum atomic E-state index is -0.415. The SMILES string of the molecule is COC(=O)c1sccc1NC(=O)C1CCC(CN)CC1. The van der Waals surface area contributed by atoms with Gasteiger partial charge >= 0.3 is 5.97 Å². The van der Waals surface area contributed by atoms with Gasteiger partial charge in [0.05, 0.1) is 12.8 Å². The van der Waals surface area contributed by atoms with Gasteiger partial charge in [-0.1, -0.05) is 0 Å². The molecule has 20 heavy (non-hydrogen) atoms. The summed E-state index contributed by atoms with van der Waals surface area (Å²) in [5, 5.41) is 4.62. The van der Waals surface area contributed by atoms with Crippen LogP contribution in [0.4, 0.5) is 5.69 Å². The summed E-state index contributed by atoms with van der Waals surface area (Å²) in [7, 11) is 1.34. The van der Waals surface area contributed by atoms with Crippen molar-refractivity contribution < 1.29 is 14.3 Å². The van der Waals surface area contributed by atoms with Gasteiger partial charge in [-0.05, 0) is 49.6 Å². The molecule has 3 N–H and O–H groups in total. The highest BCUT2D eigenvalue weighted by Gasteiger charge is 2.26. The fourth-order valence-corrected chi connectivity index (χ4v) is 3.32. The van der Waals surface area contributed by atoms with E-state index in [9.17, 15) is 9.59 Å². The van der Waals surface area contributed by atoms with Crippen LogP contribution in [-0.4, -0.2) is 25.5 Å². The number of rotatable bonds is 4. The van der Waals surface area contributed by atoms with Crippen LogP contribution >= 0.6 is 11.3 Å². The molecular formula is C14H20N2O3S. The van der Waals surface area contributed by atoms with Crippen molar-refractivity contribution in [2.45, 2.75) is 25.7 Å². The maximum Gasteiger partial charge on any atom is 0.350 e. The Morgan fingerprint density at radius 2 is 2.10 bits per heavy atom. The first-order valence-corrected chi connectivity index (χ1v) is 7.70. The van der Waals surface area contributed by atoms with Gasteiger partial charge in [-0.2, -0.15) is 0 Å². The Hall–Kier alpha value is -1.40. The summed E-state index contributed by atoms with van der Waals surface area (Å²) >= 11 is 1.27. The van der Waals surface area contributed by atoms with Crippen molar-refractivity contribution in [1.29, 1.82) is 0 Å². The molecule has 1 aromatic heterocycles. The summed E-state index contributed by atoms with van der Waals surface area (Å²) in [6.45, 7) is 0.700. The lowest BCUT2D eigenvalue weighted by Gasteiger charge is -2.26. The number of nitrogens with one attached hydrogen (secondary N) is 1.